The van der Waals surface area contributed by atoms with Crippen molar-refractivity contribution in [3.05, 3.63) is 18.1 Å². The Balaban J connectivity index is 2.00. The van der Waals surface area contributed by atoms with Gasteiger partial charge in [0, 0.05) is 6.04 Å². The quantitative estimate of drug-likeness (QED) is 0.736. The first-order valence-electron chi connectivity index (χ1n) is 5.40. The van der Waals surface area contributed by atoms with Gasteiger partial charge in [0.2, 0.25) is 0 Å². The fourth-order valence-corrected chi connectivity index (χ4v) is 1.63. The molecule has 3 N–H and O–H groups in total. The van der Waals surface area contributed by atoms with E-state index in [1.54, 1.807) is 11.1 Å². The van der Waals surface area contributed by atoms with E-state index >= 15 is 0 Å². The van der Waals surface area contributed by atoms with Gasteiger partial charge in [0.1, 0.15) is 5.69 Å². The molecular weight excluding hydrogens is 236 g/mol. The van der Waals surface area contributed by atoms with Crippen molar-refractivity contribution in [1.29, 1.82) is 0 Å². The predicted octanol–water partition coefficient (Wildman–Crippen LogP) is -0.611. The zero-order valence-corrected chi connectivity index (χ0v) is 9.32. The molecule has 0 radical (unpaired) electrons. The van der Waals surface area contributed by atoms with Crippen LogP contribution in [0.4, 0.5) is 11.8 Å². The van der Waals surface area contributed by atoms with Gasteiger partial charge in [-0.2, -0.15) is 5.21 Å². The summed E-state index contributed by atoms with van der Waals surface area (Å²) in [6.45, 7) is 0. The molecule has 9 heteroatoms. The maximum absolute atomic E-state index is 11.1. The first-order chi connectivity index (χ1) is 8.75. The molecule has 2 heterocycles. The number of aromatic nitrogens is 6. The molecule has 2 aromatic heterocycles. The van der Waals surface area contributed by atoms with Crippen molar-refractivity contribution in [3.63, 3.8) is 0 Å². The van der Waals surface area contributed by atoms with E-state index in [1.807, 2.05) is 0 Å². The van der Waals surface area contributed by atoms with Gasteiger partial charge in [-0.25, -0.2) is 4.98 Å². The predicted molar refractivity (Wildman–Crippen MR) is 59.9 cm³/mol. The molecule has 0 bridgehead atoms. The molecule has 0 saturated heterocycles. The third-order valence-corrected chi connectivity index (χ3v) is 2.58. The number of primary amides is 1. The zero-order valence-electron chi connectivity index (χ0n) is 9.32. The van der Waals surface area contributed by atoms with Gasteiger partial charge in [0.05, 0.1) is 12.4 Å². The number of hydrogen-bond acceptors (Lipinski definition) is 7. The Morgan fingerprint density at radius 2 is 2.28 bits per heavy atom. The van der Waals surface area contributed by atoms with Crippen LogP contribution in [0.5, 0.6) is 0 Å². The lowest BCUT2D eigenvalue weighted by atomic mass is 10.4. The molecule has 2 aromatic rings. The number of nitrogens with zero attached hydrogens (tertiary/aromatic N) is 6. The number of hydrogen-bond donors (Lipinski definition) is 2. The molecule has 0 aromatic carbocycles. The van der Waals surface area contributed by atoms with Gasteiger partial charge >= 0.3 is 0 Å². The van der Waals surface area contributed by atoms with Crippen LogP contribution in [0.1, 0.15) is 23.3 Å². The number of carbonyl (C=O) groups excluding carboxylic acids is 1. The van der Waals surface area contributed by atoms with E-state index in [-0.39, 0.29) is 11.7 Å². The molecule has 1 aliphatic carbocycles. The topological polar surface area (TPSA) is 127 Å². The van der Waals surface area contributed by atoms with Gasteiger partial charge in [-0.15, -0.1) is 5.10 Å². The smallest absolute Gasteiger partial charge is 0.271 e. The van der Waals surface area contributed by atoms with Gasteiger partial charge < -0.3 is 5.73 Å². The highest BCUT2D eigenvalue weighted by Gasteiger charge is 2.34. The molecule has 18 heavy (non-hydrogen) atoms. The van der Waals surface area contributed by atoms with Crippen LogP contribution in [0, 0.1) is 0 Å². The second-order valence-electron chi connectivity index (χ2n) is 3.94. The summed E-state index contributed by atoms with van der Waals surface area (Å²) in [6.07, 6.45) is 4.89. The lowest BCUT2D eigenvalue weighted by Gasteiger charge is -2.18. The summed E-state index contributed by atoms with van der Waals surface area (Å²) in [5.41, 5.74) is 5.30. The van der Waals surface area contributed by atoms with E-state index < -0.39 is 5.91 Å². The monoisotopic (exact) mass is 246 g/mol. The van der Waals surface area contributed by atoms with Crippen molar-refractivity contribution in [1.82, 2.24) is 30.6 Å². The Bertz CT molecular complexity index is 564. The van der Waals surface area contributed by atoms with Crippen LogP contribution >= 0.6 is 0 Å². The van der Waals surface area contributed by atoms with E-state index in [2.05, 4.69) is 30.6 Å². The SMILES string of the molecule is NC(=O)c1cncc(N(c2nn[nH]n2)C2CC2)n1. The van der Waals surface area contributed by atoms with Gasteiger partial charge in [-0.1, -0.05) is 5.10 Å². The van der Waals surface area contributed by atoms with E-state index in [9.17, 15) is 4.79 Å². The summed E-state index contributed by atoms with van der Waals surface area (Å²) >= 11 is 0. The number of tetrazole rings is 1. The highest BCUT2D eigenvalue weighted by Crippen LogP contribution is 2.34. The second kappa shape index (κ2) is 4.02. The standard InChI is InChI=1S/C9H10N8O/c10-8(18)6-3-11-4-7(12-6)17(5-1-2-5)9-13-15-16-14-9/h3-5H,1-2H2,(H2,10,18)(H,13,14,15,16). The number of rotatable bonds is 4. The van der Waals surface area contributed by atoms with Crippen LogP contribution in [-0.2, 0) is 0 Å². The summed E-state index contributed by atoms with van der Waals surface area (Å²) in [7, 11) is 0. The molecule has 3 rings (SSSR count). The summed E-state index contributed by atoms with van der Waals surface area (Å²) in [5, 5.41) is 13.8. The maximum Gasteiger partial charge on any atom is 0.271 e. The van der Waals surface area contributed by atoms with E-state index in [0.29, 0.717) is 11.8 Å². The number of amides is 1. The molecule has 1 fully saturated rings. The Kier molecular flexibility index (Phi) is 2.36. The Morgan fingerprint density at radius 1 is 1.44 bits per heavy atom. The van der Waals surface area contributed by atoms with Crippen molar-refractivity contribution in [2.75, 3.05) is 4.90 Å². The lowest BCUT2D eigenvalue weighted by molar-refractivity contribution is 0.0995. The van der Waals surface area contributed by atoms with Crippen molar-refractivity contribution in [2.45, 2.75) is 18.9 Å². The van der Waals surface area contributed by atoms with Gasteiger partial charge in [0.25, 0.3) is 11.9 Å². The second-order valence-corrected chi connectivity index (χ2v) is 3.94. The van der Waals surface area contributed by atoms with Crippen LogP contribution in [0.2, 0.25) is 0 Å². The summed E-state index contributed by atoms with van der Waals surface area (Å²) in [5.74, 6) is 0.289. The Morgan fingerprint density at radius 3 is 2.89 bits per heavy atom. The highest BCUT2D eigenvalue weighted by molar-refractivity contribution is 5.90. The summed E-state index contributed by atoms with van der Waals surface area (Å²) in [6, 6.07) is 0.264. The lowest BCUT2D eigenvalue weighted by Crippen LogP contribution is -2.24. The minimum absolute atomic E-state index is 0.113. The average Bonchev–Trinajstić information content (AvgIpc) is 3.05. The average molecular weight is 246 g/mol. The largest absolute Gasteiger partial charge is 0.364 e. The van der Waals surface area contributed by atoms with Crippen molar-refractivity contribution in [3.8, 4) is 0 Å². The molecule has 1 amide bonds. The van der Waals surface area contributed by atoms with Crippen LogP contribution < -0.4 is 10.6 Å². The van der Waals surface area contributed by atoms with E-state index in [0.717, 1.165) is 12.8 Å². The highest BCUT2D eigenvalue weighted by atomic mass is 16.1. The molecule has 0 spiro atoms. The van der Waals surface area contributed by atoms with Gasteiger partial charge in [-0.3, -0.25) is 14.7 Å². The molecule has 92 valence electrons. The van der Waals surface area contributed by atoms with Gasteiger partial charge in [-0.05, 0) is 18.1 Å². The van der Waals surface area contributed by atoms with Crippen LogP contribution in [0.15, 0.2) is 12.4 Å². The van der Waals surface area contributed by atoms with E-state index in [1.165, 1.54) is 6.20 Å². The van der Waals surface area contributed by atoms with E-state index in [4.69, 9.17) is 5.73 Å². The Hall–Kier alpha value is -2.58. The maximum atomic E-state index is 11.1. The molecule has 1 aliphatic rings. The minimum atomic E-state index is -0.617. The normalized spacial score (nSPS) is 14.4. The van der Waals surface area contributed by atoms with Crippen molar-refractivity contribution in [2.24, 2.45) is 5.73 Å². The molecule has 9 nitrogen and oxygen atoms in total. The summed E-state index contributed by atoms with van der Waals surface area (Å²) in [4.78, 5) is 21.0. The first-order valence-corrected chi connectivity index (χ1v) is 5.40. The van der Waals surface area contributed by atoms with Crippen molar-refractivity contribution < 1.29 is 4.79 Å². The number of aromatic amines is 1. The zero-order chi connectivity index (χ0) is 12.5. The summed E-state index contributed by atoms with van der Waals surface area (Å²) < 4.78 is 0. The third-order valence-electron chi connectivity index (χ3n) is 2.58. The van der Waals surface area contributed by atoms with Crippen LogP contribution in [-0.4, -0.2) is 42.5 Å². The number of carbonyl (C=O) groups is 1. The molecule has 0 unspecified atom stereocenters. The third kappa shape index (κ3) is 1.85. The molecule has 0 atom stereocenters. The minimum Gasteiger partial charge on any atom is -0.364 e. The number of anilines is 2. The fourth-order valence-electron chi connectivity index (χ4n) is 1.63. The van der Waals surface area contributed by atoms with Crippen LogP contribution in [0.25, 0.3) is 0 Å². The van der Waals surface area contributed by atoms with Gasteiger partial charge in [0.15, 0.2) is 5.82 Å². The Labute approximate surface area is 101 Å². The number of nitrogens with one attached hydrogen (secondary N) is 1. The fraction of sp³-hybridized carbons (Fsp3) is 0.333. The van der Waals surface area contributed by atoms with Crippen molar-refractivity contribution >= 4 is 17.7 Å². The number of nitrogens with two attached hydrogens (primary N) is 1. The molecule has 1 saturated carbocycles. The number of H-pyrrole nitrogens is 1. The molecule has 0 aliphatic heterocycles. The van der Waals surface area contributed by atoms with Crippen LogP contribution in [0.3, 0.4) is 0 Å². The molecular formula is C9H10N8O. The first kappa shape index (κ1) is 10.6.